The summed E-state index contributed by atoms with van der Waals surface area (Å²) in [6.07, 6.45) is -11.2. The van der Waals surface area contributed by atoms with Crippen LogP contribution >= 0.6 is 0 Å². The molecule has 0 fully saturated rings. The summed E-state index contributed by atoms with van der Waals surface area (Å²) in [6, 6.07) is 1.36. The molecule has 0 saturated heterocycles. The highest BCUT2D eigenvalue weighted by atomic mass is 16.4. The number of carbonyl (C=O) groups excluding carboxylic acids is 6. The number of primary amides is 1. The summed E-state index contributed by atoms with van der Waals surface area (Å²) < 4.78 is 0. The molecule has 7 amide bonds. The second kappa shape index (κ2) is 36.7. The second-order valence-corrected chi connectivity index (χ2v) is 18.4. The van der Waals surface area contributed by atoms with E-state index in [4.69, 9.17) is 15.9 Å². The Morgan fingerprint density at radius 1 is 0.595 bits per heavy atom. The van der Waals surface area contributed by atoms with E-state index in [1.54, 1.807) is 38.1 Å². The number of nitrogens with two attached hydrogens (primary N) is 1. The standard InChI is InChI=1S/C47H83N9O18/c1-27(2)39(45(71)53-31(11-8-20-51-47(48)74)44(70)52-29-14-12-28(25-58)13-15-29)55-38(65)17-16-37(64)50-19-6-4-9-30(49-3)43(69)54-32(46(72)73)10-5-7-21-56(23-34(61)40(66)33(60)18-22-57)24-35(62)41(67)42(68)36(63)26-59/h12-15,27,30-36,39-42,49,57-63,66-68H,4-11,16-26H2,1-3H3,(H,50,64)(H,52,70)(H,53,71)(H,54,69)(H,55,65)(H,72,73)(H3,48,51,74)/t30-,31-,32?,33?,34?,35?,36+,39?,40?,41?,42?/m0/s1. The fourth-order valence-electron chi connectivity index (χ4n) is 7.51. The Bertz CT molecular complexity index is 1840. The number of aliphatic carboxylic acids is 1. The highest BCUT2D eigenvalue weighted by molar-refractivity contribution is 5.98. The number of hydrogen-bond acceptors (Lipinski definition) is 19. The molecule has 0 bridgehead atoms. The lowest BCUT2D eigenvalue weighted by molar-refractivity contribution is -0.142. The fraction of sp³-hybridized carbons (Fsp3) is 0.723. The van der Waals surface area contributed by atoms with Crippen molar-refractivity contribution in [2.75, 3.05) is 58.3 Å². The summed E-state index contributed by atoms with van der Waals surface area (Å²) in [5.74, 6) is -4.62. The van der Waals surface area contributed by atoms with Crippen LogP contribution < -0.4 is 43.0 Å². The van der Waals surface area contributed by atoms with Crippen molar-refractivity contribution >= 4 is 47.2 Å². The van der Waals surface area contributed by atoms with Crippen LogP contribution in [0.2, 0.25) is 0 Å². The van der Waals surface area contributed by atoms with Crippen molar-refractivity contribution in [2.24, 2.45) is 11.7 Å². The minimum absolute atomic E-state index is 0.0129. The number of hydrogen-bond donors (Lipinski definition) is 19. The maximum Gasteiger partial charge on any atom is 0.326 e. The van der Waals surface area contributed by atoms with Gasteiger partial charge in [0.25, 0.3) is 0 Å². The van der Waals surface area contributed by atoms with Gasteiger partial charge in [-0.2, -0.15) is 0 Å². The average Bonchev–Trinajstić information content (AvgIpc) is 3.36. The third-order valence-corrected chi connectivity index (χ3v) is 12.0. The molecular weight excluding hydrogens is 979 g/mol. The van der Waals surface area contributed by atoms with Crippen LogP contribution in [0.1, 0.15) is 90.0 Å². The molecule has 0 aromatic heterocycles. The lowest BCUT2D eigenvalue weighted by Crippen LogP contribution is -2.54. The lowest BCUT2D eigenvalue weighted by atomic mass is 10.0. The zero-order valence-corrected chi connectivity index (χ0v) is 42.5. The van der Waals surface area contributed by atoms with Crippen molar-refractivity contribution in [1.29, 1.82) is 0 Å². The topological polar surface area (TPSA) is 455 Å². The van der Waals surface area contributed by atoms with Crippen LogP contribution in [0.5, 0.6) is 0 Å². The number of likely N-dealkylation sites (N-methyl/N-ethyl adjacent to an activating group) is 1. The van der Waals surface area contributed by atoms with Gasteiger partial charge in [-0.05, 0) is 95.0 Å². The van der Waals surface area contributed by atoms with Gasteiger partial charge in [0.05, 0.1) is 37.6 Å². The quantitative estimate of drug-likeness (QED) is 0.0273. The van der Waals surface area contributed by atoms with Gasteiger partial charge in [-0.15, -0.1) is 0 Å². The molecule has 0 spiro atoms. The van der Waals surface area contributed by atoms with Crippen LogP contribution in [-0.4, -0.2) is 222 Å². The molecular formula is C47H83N9O18. The molecule has 424 valence electrons. The van der Waals surface area contributed by atoms with Gasteiger partial charge in [0.15, 0.2) is 0 Å². The summed E-state index contributed by atoms with van der Waals surface area (Å²) in [5.41, 5.74) is 6.17. The highest BCUT2D eigenvalue weighted by Gasteiger charge is 2.34. The molecule has 0 radical (unpaired) electrons. The Morgan fingerprint density at radius 3 is 1.72 bits per heavy atom. The summed E-state index contributed by atoms with van der Waals surface area (Å²) in [6.45, 7) is 1.29. The number of carboxylic acids is 1. The molecule has 0 aliphatic rings. The first kappa shape index (κ1) is 66.8. The number of nitrogens with zero attached hydrogens (tertiary/aromatic N) is 1. The van der Waals surface area contributed by atoms with E-state index >= 15 is 0 Å². The molecule has 1 aromatic carbocycles. The Labute approximate surface area is 430 Å². The number of unbranched alkanes of at least 4 members (excludes halogenated alkanes) is 2. The SMILES string of the molecule is CN[C@@H](CCCCNC(=O)CCC(=O)NC(C(=O)N[C@@H](CCCNC(N)=O)C(=O)Nc1ccc(CO)cc1)C(C)C)C(=O)NC(CCCCN(CC(O)C(O)C(O)CCO)CC(O)C(O)C(O)[C@H](O)CO)C(=O)O. The molecule has 8 unspecified atom stereocenters. The van der Waals surface area contributed by atoms with Crippen LogP contribution in [0.25, 0.3) is 0 Å². The predicted molar refractivity (Wildman–Crippen MR) is 266 cm³/mol. The van der Waals surface area contributed by atoms with Gasteiger partial charge < -0.3 is 99.1 Å². The van der Waals surface area contributed by atoms with Crippen LogP contribution in [0.3, 0.4) is 0 Å². The van der Waals surface area contributed by atoms with Crippen molar-refractivity contribution < 1.29 is 89.7 Å². The predicted octanol–water partition coefficient (Wildman–Crippen LogP) is -5.21. The number of aliphatic hydroxyl groups excluding tert-OH is 10. The average molecular weight is 1060 g/mol. The molecule has 27 heteroatoms. The first-order valence-corrected chi connectivity index (χ1v) is 24.8. The fourth-order valence-corrected chi connectivity index (χ4v) is 7.51. The van der Waals surface area contributed by atoms with Gasteiger partial charge in [-0.25, -0.2) is 9.59 Å². The third kappa shape index (κ3) is 26.4. The summed E-state index contributed by atoms with van der Waals surface area (Å²) >= 11 is 0. The number of urea groups is 1. The van der Waals surface area contributed by atoms with Crippen molar-refractivity contribution in [1.82, 2.24) is 36.8 Å². The van der Waals surface area contributed by atoms with Crippen LogP contribution in [0.15, 0.2) is 24.3 Å². The van der Waals surface area contributed by atoms with Gasteiger partial charge >= 0.3 is 12.0 Å². The van der Waals surface area contributed by atoms with E-state index in [1.807, 2.05) is 0 Å². The summed E-state index contributed by atoms with van der Waals surface area (Å²) in [7, 11) is 1.51. The number of nitrogens with one attached hydrogen (secondary N) is 7. The minimum Gasteiger partial charge on any atom is -0.480 e. The molecule has 0 heterocycles. The number of carboxylic acid groups (broad SMARTS) is 1. The van der Waals surface area contributed by atoms with E-state index in [9.17, 15) is 79.5 Å². The monoisotopic (exact) mass is 1060 g/mol. The Hall–Kier alpha value is -5.17. The van der Waals surface area contributed by atoms with E-state index in [2.05, 4.69) is 37.2 Å². The zero-order chi connectivity index (χ0) is 55.9. The van der Waals surface area contributed by atoms with Crippen molar-refractivity contribution in [3.8, 4) is 0 Å². The van der Waals surface area contributed by atoms with Crippen LogP contribution in [0.4, 0.5) is 10.5 Å². The van der Waals surface area contributed by atoms with Gasteiger partial charge in [0, 0.05) is 51.3 Å². The molecule has 1 aromatic rings. The van der Waals surface area contributed by atoms with Gasteiger partial charge in [0.2, 0.25) is 29.5 Å². The van der Waals surface area contributed by atoms with Crippen molar-refractivity contribution in [2.45, 2.75) is 158 Å². The lowest BCUT2D eigenvalue weighted by Gasteiger charge is -2.33. The largest absolute Gasteiger partial charge is 0.480 e. The summed E-state index contributed by atoms with van der Waals surface area (Å²) in [4.78, 5) is 90.1. The van der Waals surface area contributed by atoms with E-state index in [0.29, 0.717) is 24.1 Å². The Balaban J connectivity index is 2.70. The number of rotatable bonds is 40. The minimum atomic E-state index is -1.94. The van der Waals surface area contributed by atoms with Gasteiger partial charge in [-0.3, -0.25) is 28.9 Å². The van der Waals surface area contributed by atoms with Crippen LogP contribution in [-0.2, 0) is 35.4 Å². The van der Waals surface area contributed by atoms with Crippen molar-refractivity contribution in [3.05, 3.63) is 29.8 Å². The Kier molecular flexibility index (Phi) is 33.2. The number of anilines is 1. The maximum atomic E-state index is 13.5. The molecule has 0 saturated carbocycles. The van der Waals surface area contributed by atoms with Gasteiger partial charge in [-0.1, -0.05) is 26.0 Å². The second-order valence-electron chi connectivity index (χ2n) is 18.4. The molecule has 0 aliphatic carbocycles. The molecule has 20 N–H and O–H groups in total. The zero-order valence-electron chi connectivity index (χ0n) is 42.5. The molecule has 27 nitrogen and oxygen atoms in total. The van der Waals surface area contributed by atoms with E-state index in [-0.39, 0.29) is 84.0 Å². The van der Waals surface area contributed by atoms with E-state index < -0.39 is 141 Å². The number of aliphatic hydroxyl groups is 10. The number of benzene rings is 1. The van der Waals surface area contributed by atoms with Crippen molar-refractivity contribution in [3.63, 3.8) is 0 Å². The number of carbonyl (C=O) groups is 7. The smallest absolute Gasteiger partial charge is 0.326 e. The first-order chi connectivity index (χ1) is 35.0. The summed E-state index contributed by atoms with van der Waals surface area (Å²) in [5, 5.41) is 127. The highest BCUT2D eigenvalue weighted by Crippen LogP contribution is 2.15. The molecule has 1 rings (SSSR count). The third-order valence-electron chi connectivity index (χ3n) is 12.0. The normalized spacial score (nSPS) is 16.0. The maximum absolute atomic E-state index is 13.5. The van der Waals surface area contributed by atoms with Crippen LogP contribution in [0, 0.1) is 5.92 Å². The Morgan fingerprint density at radius 2 is 1.15 bits per heavy atom. The van der Waals surface area contributed by atoms with E-state index in [0.717, 1.165) is 0 Å². The molecule has 11 atom stereocenters. The molecule has 0 aliphatic heterocycles. The molecule has 74 heavy (non-hydrogen) atoms. The first-order valence-electron chi connectivity index (χ1n) is 24.8. The van der Waals surface area contributed by atoms with Gasteiger partial charge in [0.1, 0.15) is 42.5 Å². The number of amides is 7. The van der Waals surface area contributed by atoms with E-state index in [1.165, 1.54) is 11.9 Å².